The molecule has 0 aliphatic heterocycles. The lowest BCUT2D eigenvalue weighted by atomic mass is 9.91. The molecule has 6 nitrogen and oxygen atoms in total. The Balaban J connectivity index is 1.64. The molecule has 2 heterocycles. The summed E-state index contributed by atoms with van der Waals surface area (Å²) in [4.78, 5) is 7.09. The third kappa shape index (κ3) is 4.81. The summed E-state index contributed by atoms with van der Waals surface area (Å²) in [7, 11) is 0. The Labute approximate surface area is 227 Å². The molecule has 1 atom stereocenters. The average molecular weight is 515 g/mol. The lowest BCUT2D eigenvalue weighted by Gasteiger charge is -2.32. The molecule has 4 aromatic carbocycles. The van der Waals surface area contributed by atoms with Crippen LogP contribution in [0.1, 0.15) is 17.2 Å². The van der Waals surface area contributed by atoms with Gasteiger partial charge in [-0.3, -0.25) is 10.00 Å². The van der Waals surface area contributed by atoms with E-state index in [1.54, 1.807) is 0 Å². The molecule has 3 N–H and O–H groups in total. The molecule has 0 aliphatic rings. The number of aromatic nitrogens is 3. The smallest absolute Gasteiger partial charge is 0.182 e. The van der Waals surface area contributed by atoms with Crippen molar-refractivity contribution >= 4 is 21.9 Å². The molecule has 0 spiro atoms. The maximum absolute atomic E-state index is 9.86. The van der Waals surface area contributed by atoms with Crippen molar-refractivity contribution < 1.29 is 10.2 Å². The second kappa shape index (κ2) is 11.2. The summed E-state index contributed by atoms with van der Waals surface area (Å²) in [5.41, 5.74) is 7.85. The summed E-state index contributed by atoms with van der Waals surface area (Å²) < 4.78 is 0. The van der Waals surface area contributed by atoms with E-state index in [-0.39, 0.29) is 19.3 Å². The zero-order valence-electron chi connectivity index (χ0n) is 21.5. The fraction of sp³-hybridized carbons (Fsp3) is 0.152. The molecule has 0 saturated carbocycles. The number of aliphatic hydroxyl groups excluding tert-OH is 2. The van der Waals surface area contributed by atoms with E-state index in [1.807, 2.05) is 42.5 Å². The van der Waals surface area contributed by atoms with Crippen molar-refractivity contribution in [3.63, 3.8) is 0 Å². The molecule has 0 amide bonds. The fourth-order valence-electron chi connectivity index (χ4n) is 5.52. The Hall–Kier alpha value is -4.36. The molecule has 6 aromatic rings. The van der Waals surface area contributed by atoms with Crippen molar-refractivity contribution in [3.05, 3.63) is 120 Å². The van der Waals surface area contributed by atoms with Gasteiger partial charge in [0.05, 0.1) is 35.9 Å². The van der Waals surface area contributed by atoms with Gasteiger partial charge in [-0.25, -0.2) is 4.98 Å². The molecule has 6 heteroatoms. The molecule has 6 rings (SSSR count). The monoisotopic (exact) mass is 514 g/mol. The Kier molecular flexibility index (Phi) is 7.15. The van der Waals surface area contributed by atoms with Gasteiger partial charge in [0, 0.05) is 29.6 Å². The quantitative estimate of drug-likeness (QED) is 0.226. The van der Waals surface area contributed by atoms with Crippen LogP contribution >= 0.6 is 0 Å². The first-order valence-corrected chi connectivity index (χ1v) is 13.2. The van der Waals surface area contributed by atoms with Crippen LogP contribution in [0.4, 0.5) is 0 Å². The lowest BCUT2D eigenvalue weighted by molar-refractivity contribution is 0.136. The van der Waals surface area contributed by atoms with Crippen molar-refractivity contribution in [2.24, 2.45) is 0 Å². The van der Waals surface area contributed by atoms with Gasteiger partial charge in [-0.15, -0.1) is 0 Å². The van der Waals surface area contributed by atoms with Gasteiger partial charge in [0.15, 0.2) is 5.65 Å². The number of pyridine rings is 1. The summed E-state index contributed by atoms with van der Waals surface area (Å²) in [6.45, 7) is 0.898. The first-order valence-electron chi connectivity index (χ1n) is 13.2. The molecular formula is C33H30N4O2. The average Bonchev–Trinajstić information content (AvgIpc) is 3.41. The number of rotatable bonds is 9. The van der Waals surface area contributed by atoms with Crippen LogP contribution in [0.25, 0.3) is 44.3 Å². The zero-order chi connectivity index (χ0) is 26.6. The van der Waals surface area contributed by atoms with Crippen LogP contribution in [0.2, 0.25) is 0 Å². The maximum atomic E-state index is 9.86. The van der Waals surface area contributed by atoms with Gasteiger partial charge in [0.1, 0.15) is 0 Å². The molecule has 0 fully saturated rings. The van der Waals surface area contributed by atoms with E-state index in [0.29, 0.717) is 18.7 Å². The number of aromatic amines is 1. The number of nitrogens with one attached hydrogen (secondary N) is 1. The van der Waals surface area contributed by atoms with Gasteiger partial charge in [0.2, 0.25) is 0 Å². The van der Waals surface area contributed by atoms with Crippen molar-refractivity contribution in [1.29, 1.82) is 0 Å². The van der Waals surface area contributed by atoms with Crippen LogP contribution in [-0.2, 0) is 0 Å². The van der Waals surface area contributed by atoms with E-state index in [1.165, 1.54) is 0 Å². The number of hydrogen-bond donors (Lipinski definition) is 3. The van der Waals surface area contributed by atoms with Gasteiger partial charge in [0.25, 0.3) is 0 Å². The van der Waals surface area contributed by atoms with E-state index >= 15 is 0 Å². The SMILES string of the molecule is OCCN(CCO)C(c1ccccc1)c1ccc2nc3n[nH]c(-c4ccccc4)c3c(-c3ccccc3)c2c1. The number of fused-ring (bicyclic) bond motifs is 2. The highest BCUT2D eigenvalue weighted by Crippen LogP contribution is 2.40. The second-order valence-electron chi connectivity index (χ2n) is 9.59. The minimum absolute atomic E-state index is 0.00378. The molecule has 39 heavy (non-hydrogen) atoms. The predicted molar refractivity (Wildman–Crippen MR) is 156 cm³/mol. The predicted octanol–water partition coefficient (Wildman–Crippen LogP) is 5.82. The first kappa shape index (κ1) is 24.9. The Morgan fingerprint density at radius 3 is 1.95 bits per heavy atom. The number of nitrogens with zero attached hydrogens (tertiary/aromatic N) is 3. The Bertz CT molecular complexity index is 1680. The minimum Gasteiger partial charge on any atom is -0.395 e. The summed E-state index contributed by atoms with van der Waals surface area (Å²) >= 11 is 0. The number of H-pyrrole nitrogens is 1. The highest BCUT2D eigenvalue weighted by Gasteiger charge is 2.24. The standard InChI is InChI=1S/C33H30N4O2/c38-20-18-37(19-21-39)32(25-14-8-3-9-15-25)26-16-17-28-27(22-26)29(23-10-4-1-5-11-23)30-31(35-36-33(30)34-28)24-12-6-2-7-13-24/h1-17,22,32,38-39H,18-21H2,(H,34,35,36). The molecule has 0 aliphatic carbocycles. The molecule has 1 unspecified atom stereocenters. The normalized spacial score (nSPS) is 12.4. The topological polar surface area (TPSA) is 85.3 Å². The van der Waals surface area contributed by atoms with Crippen LogP contribution in [0.15, 0.2) is 109 Å². The summed E-state index contributed by atoms with van der Waals surface area (Å²) in [6, 6.07) is 37.1. The first-order chi connectivity index (χ1) is 19.3. The number of benzene rings is 4. The van der Waals surface area contributed by atoms with Crippen molar-refractivity contribution in [2.75, 3.05) is 26.3 Å². The van der Waals surface area contributed by atoms with Crippen molar-refractivity contribution in [1.82, 2.24) is 20.1 Å². The summed E-state index contributed by atoms with van der Waals surface area (Å²) in [5, 5.41) is 29.6. The van der Waals surface area contributed by atoms with Crippen molar-refractivity contribution in [2.45, 2.75) is 6.04 Å². The Morgan fingerprint density at radius 1 is 0.692 bits per heavy atom. The molecular weight excluding hydrogens is 484 g/mol. The largest absolute Gasteiger partial charge is 0.395 e. The maximum Gasteiger partial charge on any atom is 0.182 e. The van der Waals surface area contributed by atoms with E-state index < -0.39 is 0 Å². The van der Waals surface area contributed by atoms with Crippen LogP contribution < -0.4 is 0 Å². The fourth-order valence-corrected chi connectivity index (χ4v) is 5.52. The molecule has 0 saturated heterocycles. The van der Waals surface area contributed by atoms with Crippen LogP contribution in [0, 0.1) is 0 Å². The van der Waals surface area contributed by atoms with Gasteiger partial charge in [-0.1, -0.05) is 97.1 Å². The van der Waals surface area contributed by atoms with Gasteiger partial charge < -0.3 is 10.2 Å². The highest BCUT2D eigenvalue weighted by molar-refractivity contribution is 6.13. The molecule has 194 valence electrons. The third-order valence-electron chi connectivity index (χ3n) is 7.21. The minimum atomic E-state index is -0.146. The van der Waals surface area contributed by atoms with E-state index in [9.17, 15) is 10.2 Å². The Morgan fingerprint density at radius 2 is 1.31 bits per heavy atom. The highest BCUT2D eigenvalue weighted by atomic mass is 16.3. The van der Waals surface area contributed by atoms with Gasteiger partial charge >= 0.3 is 0 Å². The van der Waals surface area contributed by atoms with E-state index in [0.717, 1.165) is 49.8 Å². The molecule has 0 radical (unpaired) electrons. The lowest BCUT2D eigenvalue weighted by Crippen LogP contribution is -2.34. The zero-order valence-corrected chi connectivity index (χ0v) is 21.5. The summed E-state index contributed by atoms with van der Waals surface area (Å²) in [5.74, 6) is 0. The van der Waals surface area contributed by atoms with Crippen LogP contribution in [0.5, 0.6) is 0 Å². The molecule has 0 bridgehead atoms. The second-order valence-corrected chi connectivity index (χ2v) is 9.59. The van der Waals surface area contributed by atoms with E-state index in [2.05, 4.69) is 81.8 Å². The molecule has 2 aromatic heterocycles. The number of aliphatic hydroxyl groups is 2. The van der Waals surface area contributed by atoms with E-state index in [4.69, 9.17) is 4.98 Å². The van der Waals surface area contributed by atoms with Gasteiger partial charge in [-0.2, -0.15) is 5.10 Å². The summed E-state index contributed by atoms with van der Waals surface area (Å²) in [6.07, 6.45) is 0. The number of hydrogen-bond acceptors (Lipinski definition) is 5. The third-order valence-corrected chi connectivity index (χ3v) is 7.21. The van der Waals surface area contributed by atoms with Gasteiger partial charge in [-0.05, 0) is 28.8 Å². The van der Waals surface area contributed by atoms with Crippen LogP contribution in [-0.4, -0.2) is 56.6 Å². The van der Waals surface area contributed by atoms with Crippen molar-refractivity contribution in [3.8, 4) is 22.4 Å². The van der Waals surface area contributed by atoms with Crippen LogP contribution in [0.3, 0.4) is 0 Å².